The van der Waals surface area contributed by atoms with Crippen molar-refractivity contribution >= 4 is 5.84 Å². The fraction of sp³-hybridized carbons (Fsp3) is 0.800. The maximum absolute atomic E-state index is 4.43. The van der Waals surface area contributed by atoms with Crippen LogP contribution in [0.25, 0.3) is 0 Å². The SMILES string of the molecule is C.CC.CC[C@@H](CN(C)C)C1=CN=C(C)N(C)C1. The molecule has 0 saturated carbocycles. The quantitative estimate of drug-likeness (QED) is 0.766. The van der Waals surface area contributed by atoms with E-state index in [1.54, 1.807) is 0 Å². The van der Waals surface area contributed by atoms with Crippen LogP contribution in [0.2, 0.25) is 0 Å². The molecule has 3 nitrogen and oxygen atoms in total. The van der Waals surface area contributed by atoms with Gasteiger partial charge in [-0.1, -0.05) is 28.2 Å². The Morgan fingerprint density at radius 2 is 1.94 bits per heavy atom. The highest BCUT2D eigenvalue weighted by molar-refractivity contribution is 5.81. The minimum atomic E-state index is 0. The van der Waals surface area contributed by atoms with Crippen molar-refractivity contribution in [3.05, 3.63) is 11.8 Å². The minimum Gasteiger partial charge on any atom is -0.359 e. The van der Waals surface area contributed by atoms with Gasteiger partial charge in [0.25, 0.3) is 0 Å². The molecular weight excluding hydrogens is 222 g/mol. The zero-order valence-corrected chi connectivity index (χ0v) is 12.6. The molecule has 0 aliphatic carbocycles. The zero-order valence-electron chi connectivity index (χ0n) is 12.6. The molecule has 0 bridgehead atoms. The highest BCUT2D eigenvalue weighted by Gasteiger charge is 2.18. The Morgan fingerprint density at radius 1 is 1.39 bits per heavy atom. The number of amidine groups is 1. The number of hydrogen-bond acceptors (Lipinski definition) is 3. The highest BCUT2D eigenvalue weighted by atomic mass is 15.2. The van der Waals surface area contributed by atoms with Crippen molar-refractivity contribution in [2.75, 3.05) is 34.2 Å². The van der Waals surface area contributed by atoms with Crippen molar-refractivity contribution in [3.63, 3.8) is 0 Å². The Morgan fingerprint density at radius 3 is 2.33 bits per heavy atom. The maximum atomic E-state index is 4.43. The molecule has 1 heterocycles. The first-order valence-electron chi connectivity index (χ1n) is 6.63. The van der Waals surface area contributed by atoms with Crippen molar-refractivity contribution in [1.29, 1.82) is 0 Å². The summed E-state index contributed by atoms with van der Waals surface area (Å²) in [5, 5.41) is 0. The Balaban J connectivity index is 0. The molecular formula is C15H33N3. The second-order valence-electron chi connectivity index (χ2n) is 4.60. The van der Waals surface area contributed by atoms with E-state index < -0.39 is 0 Å². The standard InChI is InChI=1S/C12H23N3.C2H6.CH4/c1-6-11(8-14(3)4)12-7-13-10(2)15(5)9-12;1-2;/h7,11H,6,8-9H2,1-5H3;1-2H3;1H4/t11-;;/m0../s1. The molecule has 1 aliphatic heterocycles. The van der Waals surface area contributed by atoms with Crippen LogP contribution in [0.1, 0.15) is 41.5 Å². The summed E-state index contributed by atoms with van der Waals surface area (Å²) in [5.41, 5.74) is 1.46. The first kappa shape index (κ1) is 19.5. The Hall–Kier alpha value is -0.830. The van der Waals surface area contributed by atoms with E-state index in [-0.39, 0.29) is 7.43 Å². The van der Waals surface area contributed by atoms with E-state index >= 15 is 0 Å². The Labute approximate surface area is 115 Å². The third-order valence-corrected chi connectivity index (χ3v) is 2.99. The van der Waals surface area contributed by atoms with Gasteiger partial charge in [0.1, 0.15) is 5.84 Å². The minimum absolute atomic E-state index is 0. The van der Waals surface area contributed by atoms with Gasteiger partial charge in [-0.05, 0) is 38.9 Å². The van der Waals surface area contributed by atoms with E-state index in [0.29, 0.717) is 5.92 Å². The summed E-state index contributed by atoms with van der Waals surface area (Å²) < 4.78 is 0. The van der Waals surface area contributed by atoms with E-state index in [9.17, 15) is 0 Å². The molecule has 0 amide bonds. The number of rotatable bonds is 4. The van der Waals surface area contributed by atoms with Crippen LogP contribution >= 0.6 is 0 Å². The number of hydrogen-bond donors (Lipinski definition) is 0. The van der Waals surface area contributed by atoms with Crippen LogP contribution in [0.5, 0.6) is 0 Å². The van der Waals surface area contributed by atoms with Gasteiger partial charge in [-0.25, -0.2) is 4.99 Å². The van der Waals surface area contributed by atoms with Crippen molar-refractivity contribution in [2.24, 2.45) is 10.9 Å². The lowest BCUT2D eigenvalue weighted by molar-refractivity contribution is 0.333. The second kappa shape index (κ2) is 10.1. The molecule has 1 atom stereocenters. The van der Waals surface area contributed by atoms with Crippen LogP contribution in [0, 0.1) is 5.92 Å². The average molecular weight is 255 g/mol. The first-order valence-corrected chi connectivity index (χ1v) is 6.63. The molecule has 0 aromatic rings. The van der Waals surface area contributed by atoms with Gasteiger partial charge < -0.3 is 9.80 Å². The summed E-state index contributed by atoms with van der Waals surface area (Å²) in [5.74, 6) is 1.75. The molecule has 0 N–H and O–H groups in total. The van der Waals surface area contributed by atoms with Crippen LogP contribution in [-0.4, -0.2) is 49.9 Å². The molecule has 18 heavy (non-hydrogen) atoms. The normalized spacial score (nSPS) is 16.1. The van der Waals surface area contributed by atoms with E-state index in [1.165, 1.54) is 12.0 Å². The lowest BCUT2D eigenvalue weighted by atomic mass is 9.95. The van der Waals surface area contributed by atoms with Crippen molar-refractivity contribution < 1.29 is 0 Å². The van der Waals surface area contributed by atoms with Crippen LogP contribution in [-0.2, 0) is 0 Å². The molecule has 0 radical (unpaired) electrons. The van der Waals surface area contributed by atoms with E-state index in [1.807, 2.05) is 13.8 Å². The smallest absolute Gasteiger partial charge is 0.101 e. The van der Waals surface area contributed by atoms with Crippen LogP contribution in [0.4, 0.5) is 0 Å². The fourth-order valence-corrected chi connectivity index (χ4v) is 1.89. The lowest BCUT2D eigenvalue weighted by Crippen LogP contribution is -2.33. The van der Waals surface area contributed by atoms with Gasteiger partial charge in [-0.2, -0.15) is 0 Å². The van der Waals surface area contributed by atoms with Gasteiger partial charge in [0.15, 0.2) is 0 Å². The number of nitrogens with zero attached hydrogens (tertiary/aromatic N) is 3. The highest BCUT2D eigenvalue weighted by Crippen LogP contribution is 2.19. The predicted molar refractivity (Wildman–Crippen MR) is 84.2 cm³/mol. The fourth-order valence-electron chi connectivity index (χ4n) is 1.89. The molecule has 0 saturated heterocycles. The van der Waals surface area contributed by atoms with Crippen molar-refractivity contribution in [2.45, 2.75) is 41.5 Å². The van der Waals surface area contributed by atoms with Gasteiger partial charge in [0.2, 0.25) is 0 Å². The Bertz CT molecular complexity index is 267. The molecule has 0 fully saturated rings. The topological polar surface area (TPSA) is 18.8 Å². The number of aliphatic imine (C=N–C) groups is 1. The summed E-state index contributed by atoms with van der Waals surface area (Å²) in [6.45, 7) is 10.5. The summed E-state index contributed by atoms with van der Waals surface area (Å²) in [7, 11) is 6.36. The third-order valence-electron chi connectivity index (χ3n) is 2.99. The van der Waals surface area contributed by atoms with E-state index in [0.717, 1.165) is 18.9 Å². The average Bonchev–Trinajstić information content (AvgIpc) is 2.32. The Kier molecular flexibility index (Phi) is 11.0. The molecule has 0 spiro atoms. The van der Waals surface area contributed by atoms with Crippen LogP contribution < -0.4 is 0 Å². The van der Waals surface area contributed by atoms with E-state index in [4.69, 9.17) is 0 Å². The maximum Gasteiger partial charge on any atom is 0.101 e. The summed E-state index contributed by atoms with van der Waals surface area (Å²) >= 11 is 0. The first-order chi connectivity index (χ1) is 8.04. The van der Waals surface area contributed by atoms with Crippen LogP contribution in [0.3, 0.4) is 0 Å². The van der Waals surface area contributed by atoms with Gasteiger partial charge in [-0.3, -0.25) is 0 Å². The molecule has 1 aliphatic rings. The van der Waals surface area contributed by atoms with Crippen molar-refractivity contribution in [1.82, 2.24) is 9.80 Å². The predicted octanol–water partition coefficient (Wildman–Crippen LogP) is 3.48. The van der Waals surface area contributed by atoms with Gasteiger partial charge in [0, 0.05) is 26.3 Å². The van der Waals surface area contributed by atoms with Gasteiger partial charge >= 0.3 is 0 Å². The summed E-state index contributed by atoms with van der Waals surface area (Å²) in [4.78, 5) is 8.90. The summed E-state index contributed by atoms with van der Waals surface area (Å²) in [6, 6.07) is 0. The summed E-state index contributed by atoms with van der Waals surface area (Å²) in [6.07, 6.45) is 3.25. The molecule has 1 rings (SSSR count). The molecule has 3 heteroatoms. The molecule has 0 unspecified atom stereocenters. The molecule has 0 aromatic heterocycles. The second-order valence-corrected chi connectivity index (χ2v) is 4.60. The monoisotopic (exact) mass is 255 g/mol. The zero-order chi connectivity index (χ0) is 13.4. The van der Waals surface area contributed by atoms with Gasteiger partial charge in [0.05, 0.1) is 0 Å². The van der Waals surface area contributed by atoms with Gasteiger partial charge in [-0.15, -0.1) is 0 Å². The van der Waals surface area contributed by atoms with Crippen molar-refractivity contribution in [3.8, 4) is 0 Å². The van der Waals surface area contributed by atoms with E-state index in [2.05, 4.69) is 56.0 Å². The lowest BCUT2D eigenvalue weighted by Gasteiger charge is -2.29. The molecule has 108 valence electrons. The third kappa shape index (κ3) is 6.20. The number of likely N-dealkylation sites (N-methyl/N-ethyl adjacent to an activating group) is 1. The largest absolute Gasteiger partial charge is 0.359 e. The van der Waals surface area contributed by atoms with Crippen LogP contribution in [0.15, 0.2) is 16.8 Å². The molecule has 0 aromatic carbocycles.